The lowest BCUT2D eigenvalue weighted by molar-refractivity contribution is -0.384. The molecule has 0 aliphatic carbocycles. The van der Waals surface area contributed by atoms with Crippen molar-refractivity contribution in [2.75, 3.05) is 25.1 Å². The van der Waals surface area contributed by atoms with Gasteiger partial charge in [0.15, 0.2) is 0 Å². The van der Waals surface area contributed by atoms with Gasteiger partial charge in [0.25, 0.3) is 5.69 Å². The molecule has 1 saturated heterocycles. The molecule has 0 atom stereocenters. The molecule has 1 heterocycles. The fourth-order valence-corrected chi connectivity index (χ4v) is 2.56. The summed E-state index contributed by atoms with van der Waals surface area (Å²) in [7, 11) is 0. The Bertz CT molecular complexity index is 553. The first-order valence-electron chi connectivity index (χ1n) is 6.82. The van der Waals surface area contributed by atoms with E-state index < -0.39 is 16.2 Å². The number of para-hydroxylation sites is 1. The molecule has 0 spiro atoms. The summed E-state index contributed by atoms with van der Waals surface area (Å²) in [6, 6.07) is 4.86. The minimum Gasteiger partial charge on any atom is -0.381 e. The lowest BCUT2D eigenvalue weighted by Gasteiger charge is -2.34. The molecule has 0 aromatic heterocycles. The fraction of sp³-hybridized carbons (Fsp3) is 0.500. The number of rotatable bonds is 5. The molecule has 1 fully saturated rings. The largest absolute Gasteiger partial charge is 0.381 e. The Kier molecular flexibility index (Phi) is 4.42. The van der Waals surface area contributed by atoms with Crippen molar-refractivity contribution in [3.63, 3.8) is 0 Å². The number of nitro groups is 1. The minimum atomic E-state index is -0.714. The van der Waals surface area contributed by atoms with Gasteiger partial charge in [0.05, 0.1) is 10.3 Å². The van der Waals surface area contributed by atoms with Crippen LogP contribution in [0.3, 0.4) is 0 Å². The number of hydrogen-bond acceptors (Lipinski definition) is 5. The third-order valence-corrected chi connectivity index (χ3v) is 4.02. The lowest BCUT2D eigenvalue weighted by Crippen LogP contribution is -2.46. The molecule has 0 radical (unpaired) electrons. The van der Waals surface area contributed by atoms with Crippen molar-refractivity contribution in [1.29, 1.82) is 0 Å². The molecule has 1 aromatic rings. The summed E-state index contributed by atoms with van der Waals surface area (Å²) in [6.45, 7) is 3.01. The smallest absolute Gasteiger partial charge is 0.292 e. The van der Waals surface area contributed by atoms with Crippen molar-refractivity contribution in [1.82, 2.24) is 0 Å². The van der Waals surface area contributed by atoms with Crippen LogP contribution in [0.2, 0.25) is 0 Å². The van der Waals surface area contributed by atoms with Gasteiger partial charge in [-0.1, -0.05) is 12.1 Å². The van der Waals surface area contributed by atoms with E-state index >= 15 is 0 Å². The summed E-state index contributed by atoms with van der Waals surface area (Å²) >= 11 is 0. The Morgan fingerprint density at radius 2 is 2.14 bits per heavy atom. The molecule has 1 aliphatic heterocycles. The molecule has 0 saturated carbocycles. The monoisotopic (exact) mass is 293 g/mol. The van der Waals surface area contributed by atoms with Crippen molar-refractivity contribution >= 4 is 17.3 Å². The van der Waals surface area contributed by atoms with Gasteiger partial charge in [-0.2, -0.15) is 0 Å². The number of carbonyl (C=O) groups is 1. The van der Waals surface area contributed by atoms with Crippen LogP contribution in [0.15, 0.2) is 18.2 Å². The summed E-state index contributed by atoms with van der Waals surface area (Å²) in [5, 5.41) is 14.1. The number of nitrogens with zero attached hydrogens (tertiary/aromatic N) is 1. The summed E-state index contributed by atoms with van der Waals surface area (Å²) in [6.07, 6.45) is 1.05. The fourth-order valence-electron chi connectivity index (χ4n) is 2.56. The van der Waals surface area contributed by atoms with Crippen molar-refractivity contribution in [3.8, 4) is 0 Å². The third kappa shape index (κ3) is 3.13. The quantitative estimate of drug-likeness (QED) is 0.633. The predicted octanol–water partition coefficient (Wildman–Crippen LogP) is 1.60. The van der Waals surface area contributed by atoms with Gasteiger partial charge in [0.1, 0.15) is 5.69 Å². The minimum absolute atomic E-state index is 0.00156. The number of hydrogen-bond donors (Lipinski definition) is 2. The van der Waals surface area contributed by atoms with Crippen LogP contribution < -0.4 is 11.1 Å². The first kappa shape index (κ1) is 15.2. The Labute approximate surface area is 122 Å². The highest BCUT2D eigenvalue weighted by molar-refractivity contribution is 5.82. The van der Waals surface area contributed by atoms with E-state index in [0.717, 1.165) is 5.56 Å². The van der Waals surface area contributed by atoms with Crippen LogP contribution >= 0.6 is 0 Å². The van der Waals surface area contributed by atoms with Crippen LogP contribution in [-0.4, -0.2) is 30.6 Å². The molecule has 7 nitrogen and oxygen atoms in total. The highest BCUT2D eigenvalue weighted by Gasteiger charge is 2.38. The van der Waals surface area contributed by atoms with E-state index in [0.29, 0.717) is 31.7 Å². The number of anilines is 1. The second kappa shape index (κ2) is 6.09. The van der Waals surface area contributed by atoms with E-state index in [1.54, 1.807) is 19.1 Å². The standard InChI is InChI=1S/C14H19N3O4/c1-10-3-2-4-11(17(19)20)12(10)16-9-14(13(15)18)5-7-21-8-6-14/h2-4,16H,5-9H2,1H3,(H2,15,18). The van der Waals surface area contributed by atoms with Crippen LogP contribution in [0.5, 0.6) is 0 Å². The van der Waals surface area contributed by atoms with Crippen molar-refractivity contribution < 1.29 is 14.5 Å². The number of benzene rings is 1. The van der Waals surface area contributed by atoms with Crippen LogP contribution in [0.1, 0.15) is 18.4 Å². The summed E-state index contributed by atoms with van der Waals surface area (Å²) in [5.74, 6) is -0.394. The first-order valence-corrected chi connectivity index (χ1v) is 6.82. The van der Waals surface area contributed by atoms with Gasteiger partial charge >= 0.3 is 0 Å². The van der Waals surface area contributed by atoms with Gasteiger partial charge in [-0.25, -0.2) is 0 Å². The highest BCUT2D eigenvalue weighted by Crippen LogP contribution is 2.33. The molecule has 114 valence electrons. The highest BCUT2D eigenvalue weighted by atomic mass is 16.6. The van der Waals surface area contributed by atoms with Gasteiger partial charge in [-0.05, 0) is 25.3 Å². The Hall–Kier alpha value is -2.15. The maximum Gasteiger partial charge on any atom is 0.292 e. The Morgan fingerprint density at radius 1 is 1.48 bits per heavy atom. The summed E-state index contributed by atoms with van der Waals surface area (Å²) in [5.41, 5.74) is 6.02. The number of nitrogens with one attached hydrogen (secondary N) is 1. The first-order chi connectivity index (χ1) is 9.96. The lowest BCUT2D eigenvalue weighted by atomic mass is 9.79. The Balaban J connectivity index is 2.22. The molecule has 1 amide bonds. The zero-order chi connectivity index (χ0) is 15.5. The van der Waals surface area contributed by atoms with E-state index in [4.69, 9.17) is 10.5 Å². The van der Waals surface area contributed by atoms with Gasteiger partial charge in [-0.3, -0.25) is 14.9 Å². The van der Waals surface area contributed by atoms with E-state index in [2.05, 4.69) is 5.32 Å². The number of ether oxygens (including phenoxy) is 1. The molecular weight excluding hydrogens is 274 g/mol. The molecule has 2 rings (SSSR count). The molecule has 0 bridgehead atoms. The number of primary amides is 1. The van der Waals surface area contributed by atoms with Crippen LogP contribution in [0.25, 0.3) is 0 Å². The zero-order valence-corrected chi connectivity index (χ0v) is 11.9. The van der Waals surface area contributed by atoms with Crippen LogP contribution in [0, 0.1) is 22.5 Å². The molecule has 0 unspecified atom stereocenters. The van der Waals surface area contributed by atoms with E-state index in [9.17, 15) is 14.9 Å². The number of nitrogens with two attached hydrogens (primary N) is 1. The van der Waals surface area contributed by atoms with Crippen LogP contribution in [-0.2, 0) is 9.53 Å². The summed E-state index contributed by atoms with van der Waals surface area (Å²) < 4.78 is 5.27. The second-order valence-electron chi connectivity index (χ2n) is 5.34. The maximum atomic E-state index is 11.8. The molecule has 7 heteroatoms. The second-order valence-corrected chi connectivity index (χ2v) is 5.34. The van der Waals surface area contributed by atoms with Crippen molar-refractivity contribution in [2.45, 2.75) is 19.8 Å². The number of carbonyl (C=O) groups excluding carboxylic acids is 1. The Morgan fingerprint density at radius 3 is 2.71 bits per heavy atom. The van der Waals surface area contributed by atoms with E-state index in [-0.39, 0.29) is 12.2 Å². The predicted molar refractivity (Wildman–Crippen MR) is 78.0 cm³/mol. The zero-order valence-electron chi connectivity index (χ0n) is 11.9. The van der Waals surface area contributed by atoms with Gasteiger partial charge in [0, 0.05) is 25.8 Å². The van der Waals surface area contributed by atoms with Gasteiger partial charge in [0.2, 0.25) is 5.91 Å². The molecule has 1 aliphatic rings. The van der Waals surface area contributed by atoms with Crippen molar-refractivity contribution in [3.05, 3.63) is 33.9 Å². The molecular formula is C14H19N3O4. The third-order valence-electron chi connectivity index (χ3n) is 4.02. The van der Waals surface area contributed by atoms with E-state index in [1.807, 2.05) is 0 Å². The van der Waals surface area contributed by atoms with Gasteiger partial charge in [-0.15, -0.1) is 0 Å². The number of nitro benzene ring substituents is 1. The average molecular weight is 293 g/mol. The van der Waals surface area contributed by atoms with Crippen molar-refractivity contribution in [2.24, 2.45) is 11.1 Å². The maximum absolute atomic E-state index is 11.8. The number of aryl methyl sites for hydroxylation is 1. The van der Waals surface area contributed by atoms with Crippen LogP contribution in [0.4, 0.5) is 11.4 Å². The average Bonchev–Trinajstić information content (AvgIpc) is 2.46. The van der Waals surface area contributed by atoms with E-state index in [1.165, 1.54) is 6.07 Å². The normalized spacial score (nSPS) is 17.2. The van der Waals surface area contributed by atoms with Gasteiger partial charge < -0.3 is 15.8 Å². The molecule has 1 aromatic carbocycles. The summed E-state index contributed by atoms with van der Waals surface area (Å²) in [4.78, 5) is 22.5. The number of amides is 1. The molecule has 3 N–H and O–H groups in total. The SMILES string of the molecule is Cc1cccc([N+](=O)[O-])c1NCC1(C(N)=O)CCOCC1. The topological polar surface area (TPSA) is 107 Å². The molecule has 21 heavy (non-hydrogen) atoms.